The highest BCUT2D eigenvalue weighted by molar-refractivity contribution is 6.14. The highest BCUT2D eigenvalue weighted by atomic mass is 16.6. The molecule has 0 unspecified atom stereocenters. The molecule has 1 aromatic heterocycles. The Morgan fingerprint density at radius 3 is 2.18 bits per heavy atom. The van der Waals surface area contributed by atoms with Gasteiger partial charge in [-0.05, 0) is 39.8 Å². The Morgan fingerprint density at radius 2 is 1.73 bits per heavy atom. The van der Waals surface area contributed by atoms with Gasteiger partial charge in [-0.1, -0.05) is 6.07 Å². The summed E-state index contributed by atoms with van der Waals surface area (Å²) in [5.41, 5.74) is 0.701. The Hall–Kier alpha value is -2.37. The van der Waals surface area contributed by atoms with Crippen LogP contribution < -0.4 is 4.90 Å². The number of esters is 2. The molecule has 0 aliphatic rings. The third kappa shape index (κ3) is 4.87. The van der Waals surface area contributed by atoms with E-state index in [1.54, 1.807) is 24.8 Å². The molecule has 0 amide bonds. The van der Waals surface area contributed by atoms with Crippen molar-refractivity contribution in [3.8, 4) is 0 Å². The van der Waals surface area contributed by atoms with E-state index in [4.69, 9.17) is 9.47 Å². The largest absolute Gasteiger partial charge is 0.462 e. The van der Waals surface area contributed by atoms with Crippen LogP contribution >= 0.6 is 0 Å². The minimum absolute atomic E-state index is 0.145. The number of pyridine rings is 1. The maximum absolute atomic E-state index is 12.0. The first-order valence-corrected chi connectivity index (χ1v) is 7.29. The van der Waals surface area contributed by atoms with Crippen molar-refractivity contribution < 1.29 is 19.1 Å². The van der Waals surface area contributed by atoms with E-state index in [1.807, 2.05) is 26.0 Å². The molecule has 6 nitrogen and oxygen atoms in total. The second-order valence-electron chi connectivity index (χ2n) is 4.41. The molecule has 0 radical (unpaired) electrons. The molecule has 0 spiro atoms. The highest BCUT2D eigenvalue weighted by Gasteiger charge is 2.22. The van der Waals surface area contributed by atoms with Gasteiger partial charge in [-0.3, -0.25) is 0 Å². The molecular weight excluding hydrogens is 284 g/mol. The van der Waals surface area contributed by atoms with Crippen molar-refractivity contribution in [1.29, 1.82) is 0 Å². The maximum atomic E-state index is 12.0. The van der Waals surface area contributed by atoms with Crippen LogP contribution in [0.3, 0.4) is 0 Å². The van der Waals surface area contributed by atoms with Crippen LogP contribution in [-0.2, 0) is 19.1 Å². The lowest BCUT2D eigenvalue weighted by Crippen LogP contribution is -2.24. The monoisotopic (exact) mass is 306 g/mol. The van der Waals surface area contributed by atoms with Gasteiger partial charge in [0.1, 0.15) is 5.82 Å². The van der Waals surface area contributed by atoms with Gasteiger partial charge in [0.05, 0.1) is 13.2 Å². The van der Waals surface area contributed by atoms with Crippen molar-refractivity contribution in [3.63, 3.8) is 0 Å². The van der Waals surface area contributed by atoms with E-state index in [-0.39, 0.29) is 18.8 Å². The van der Waals surface area contributed by atoms with Gasteiger partial charge in [0, 0.05) is 18.4 Å². The van der Waals surface area contributed by atoms with Crippen molar-refractivity contribution in [3.05, 3.63) is 35.7 Å². The first kappa shape index (κ1) is 17.7. The van der Waals surface area contributed by atoms with Crippen LogP contribution in [0.25, 0.3) is 0 Å². The zero-order valence-corrected chi connectivity index (χ0v) is 13.5. The smallest absolute Gasteiger partial charge is 0.347 e. The molecule has 0 saturated carbocycles. The molecule has 0 saturated heterocycles. The lowest BCUT2D eigenvalue weighted by atomic mass is 10.2. The van der Waals surface area contributed by atoms with E-state index in [0.29, 0.717) is 12.4 Å². The molecule has 120 valence electrons. The SMILES string of the molecule is CCOC(=O)C(=CN(CC)c1cccc(C)n1)C(=O)OCC. The van der Waals surface area contributed by atoms with E-state index in [9.17, 15) is 9.59 Å². The van der Waals surface area contributed by atoms with E-state index in [0.717, 1.165) is 5.69 Å². The van der Waals surface area contributed by atoms with Gasteiger partial charge in [-0.25, -0.2) is 14.6 Å². The van der Waals surface area contributed by atoms with Crippen LogP contribution in [0, 0.1) is 6.92 Å². The first-order chi connectivity index (χ1) is 10.5. The van der Waals surface area contributed by atoms with Crippen LogP contribution in [-0.4, -0.2) is 36.7 Å². The Labute approximate surface area is 130 Å². The summed E-state index contributed by atoms with van der Waals surface area (Å²) in [6, 6.07) is 5.54. The predicted molar refractivity (Wildman–Crippen MR) is 83.3 cm³/mol. The van der Waals surface area contributed by atoms with Crippen LogP contribution in [0.4, 0.5) is 5.82 Å². The Kier molecular flexibility index (Phi) is 7.08. The van der Waals surface area contributed by atoms with Crippen molar-refractivity contribution in [2.75, 3.05) is 24.7 Å². The lowest BCUT2D eigenvalue weighted by molar-refractivity contribution is -0.146. The summed E-state index contributed by atoms with van der Waals surface area (Å²) in [5.74, 6) is -0.757. The summed E-state index contributed by atoms with van der Waals surface area (Å²) in [6.07, 6.45) is 1.43. The van der Waals surface area contributed by atoms with Crippen molar-refractivity contribution in [1.82, 2.24) is 4.98 Å². The van der Waals surface area contributed by atoms with Crippen molar-refractivity contribution in [2.45, 2.75) is 27.7 Å². The quantitative estimate of drug-likeness (QED) is 0.333. The minimum atomic E-state index is -0.702. The number of aryl methyl sites for hydroxylation is 1. The molecule has 6 heteroatoms. The molecule has 1 aromatic rings. The van der Waals surface area contributed by atoms with Crippen LogP contribution in [0.15, 0.2) is 30.0 Å². The van der Waals surface area contributed by atoms with E-state index in [2.05, 4.69) is 4.98 Å². The van der Waals surface area contributed by atoms with Crippen LogP contribution in [0.1, 0.15) is 26.5 Å². The molecule has 0 bridgehead atoms. The second-order valence-corrected chi connectivity index (χ2v) is 4.41. The molecule has 0 fully saturated rings. The number of nitrogens with zero attached hydrogens (tertiary/aromatic N) is 2. The molecule has 0 atom stereocenters. The number of ether oxygens (including phenoxy) is 2. The van der Waals surface area contributed by atoms with Crippen LogP contribution in [0.5, 0.6) is 0 Å². The number of hydrogen-bond acceptors (Lipinski definition) is 6. The summed E-state index contributed by atoms with van der Waals surface area (Å²) in [7, 11) is 0. The number of aromatic nitrogens is 1. The topological polar surface area (TPSA) is 68.7 Å². The number of hydrogen-bond donors (Lipinski definition) is 0. The third-order valence-corrected chi connectivity index (χ3v) is 2.78. The molecule has 1 heterocycles. The second kappa shape index (κ2) is 8.81. The van der Waals surface area contributed by atoms with E-state index in [1.165, 1.54) is 6.20 Å². The minimum Gasteiger partial charge on any atom is -0.462 e. The highest BCUT2D eigenvalue weighted by Crippen LogP contribution is 2.14. The summed E-state index contributed by atoms with van der Waals surface area (Å²) in [5, 5.41) is 0. The van der Waals surface area contributed by atoms with Gasteiger partial charge in [-0.2, -0.15) is 0 Å². The first-order valence-electron chi connectivity index (χ1n) is 7.29. The predicted octanol–water partition coefficient (Wildman–Crippen LogP) is 2.23. The van der Waals surface area contributed by atoms with Gasteiger partial charge < -0.3 is 14.4 Å². The fourth-order valence-corrected chi connectivity index (χ4v) is 1.77. The molecule has 0 aromatic carbocycles. The Bertz CT molecular complexity index is 535. The summed E-state index contributed by atoms with van der Waals surface area (Å²) < 4.78 is 9.84. The fraction of sp³-hybridized carbons (Fsp3) is 0.438. The molecule has 0 aliphatic heterocycles. The summed E-state index contributed by atoms with van der Waals surface area (Å²) in [6.45, 7) is 8.04. The average molecular weight is 306 g/mol. The van der Waals surface area contributed by atoms with Gasteiger partial charge >= 0.3 is 11.9 Å². The molecular formula is C16H22N2O4. The lowest BCUT2D eigenvalue weighted by Gasteiger charge is -2.19. The van der Waals surface area contributed by atoms with Gasteiger partial charge in [0.2, 0.25) is 0 Å². The van der Waals surface area contributed by atoms with Crippen molar-refractivity contribution >= 4 is 17.8 Å². The fourth-order valence-electron chi connectivity index (χ4n) is 1.77. The van der Waals surface area contributed by atoms with Crippen LogP contribution in [0.2, 0.25) is 0 Å². The maximum Gasteiger partial charge on any atom is 0.347 e. The zero-order chi connectivity index (χ0) is 16.5. The summed E-state index contributed by atoms with van der Waals surface area (Å²) >= 11 is 0. The Morgan fingerprint density at radius 1 is 1.14 bits per heavy atom. The average Bonchev–Trinajstić information content (AvgIpc) is 2.48. The van der Waals surface area contributed by atoms with Gasteiger partial charge in [0.25, 0.3) is 0 Å². The van der Waals surface area contributed by atoms with Gasteiger partial charge in [-0.15, -0.1) is 0 Å². The number of rotatable bonds is 7. The number of anilines is 1. The van der Waals surface area contributed by atoms with Crippen molar-refractivity contribution in [2.24, 2.45) is 0 Å². The zero-order valence-electron chi connectivity index (χ0n) is 13.5. The standard InChI is InChI=1S/C16H22N2O4/c1-5-18(14-10-8-9-12(4)17-14)11-13(15(19)21-6-2)16(20)22-7-3/h8-11H,5-7H2,1-4H3. The Balaban J connectivity index is 3.15. The molecule has 1 rings (SSSR count). The van der Waals surface area contributed by atoms with E-state index >= 15 is 0 Å². The summed E-state index contributed by atoms with van der Waals surface area (Å²) in [4.78, 5) is 30.0. The number of carbonyl (C=O) groups is 2. The molecule has 22 heavy (non-hydrogen) atoms. The number of carbonyl (C=O) groups excluding carboxylic acids is 2. The van der Waals surface area contributed by atoms with E-state index < -0.39 is 11.9 Å². The molecule has 0 aliphatic carbocycles. The third-order valence-electron chi connectivity index (χ3n) is 2.78. The normalized spacial score (nSPS) is 9.82. The molecule has 0 N–H and O–H groups in total. The van der Waals surface area contributed by atoms with Gasteiger partial charge in [0.15, 0.2) is 5.57 Å².